The van der Waals surface area contributed by atoms with E-state index in [0.29, 0.717) is 0 Å². The standard InChI is InChI=1S/C13H23NO6/c1-7(15)14-8-9(16)10(17)13(5-18-11(8)20-13)6-19-12(2,3)4/h8-11,16-17H,5-6H2,1-4H3,(H,14,15)/t8-,9-,10-,11?,13-/m1/s1. The number of carbonyl (C=O) groups excluding carboxylic acids is 1. The van der Waals surface area contributed by atoms with Crippen molar-refractivity contribution in [1.29, 1.82) is 0 Å². The zero-order chi connectivity index (χ0) is 15.1. The molecule has 2 aliphatic heterocycles. The highest BCUT2D eigenvalue weighted by Gasteiger charge is 2.59. The van der Waals surface area contributed by atoms with E-state index in [1.165, 1.54) is 6.92 Å². The minimum absolute atomic E-state index is 0.109. The molecule has 2 fully saturated rings. The number of hydrogen-bond acceptors (Lipinski definition) is 6. The highest BCUT2D eigenvalue weighted by atomic mass is 16.8. The molecule has 1 unspecified atom stereocenters. The van der Waals surface area contributed by atoms with Crippen molar-refractivity contribution in [2.45, 2.75) is 63.4 Å². The number of nitrogens with one attached hydrogen (secondary N) is 1. The van der Waals surface area contributed by atoms with E-state index >= 15 is 0 Å². The molecule has 5 atom stereocenters. The Labute approximate surface area is 118 Å². The zero-order valence-electron chi connectivity index (χ0n) is 12.3. The molecule has 0 aromatic carbocycles. The fourth-order valence-corrected chi connectivity index (χ4v) is 2.41. The number of ether oxygens (including phenoxy) is 3. The molecule has 3 N–H and O–H groups in total. The van der Waals surface area contributed by atoms with Crippen molar-refractivity contribution in [3.63, 3.8) is 0 Å². The van der Waals surface area contributed by atoms with E-state index in [9.17, 15) is 15.0 Å². The van der Waals surface area contributed by atoms with Gasteiger partial charge in [0, 0.05) is 6.92 Å². The number of hydrogen-bond donors (Lipinski definition) is 3. The van der Waals surface area contributed by atoms with Crippen LogP contribution in [-0.4, -0.2) is 65.1 Å². The minimum atomic E-state index is -1.19. The summed E-state index contributed by atoms with van der Waals surface area (Å²) in [5.74, 6) is -0.321. The molecule has 7 nitrogen and oxygen atoms in total. The lowest BCUT2D eigenvalue weighted by atomic mass is 9.88. The SMILES string of the molecule is CC(=O)N[C@H]1C2OC[C@](COC(C)(C)C)(O2)[C@H](O)[C@@H]1O. The Hall–Kier alpha value is -0.730. The fraction of sp³-hybridized carbons (Fsp3) is 0.923. The second kappa shape index (κ2) is 5.23. The average Bonchev–Trinajstić information content (AvgIpc) is 2.72. The van der Waals surface area contributed by atoms with Gasteiger partial charge >= 0.3 is 0 Å². The topological polar surface area (TPSA) is 97.3 Å². The second-order valence-corrected chi connectivity index (χ2v) is 6.42. The van der Waals surface area contributed by atoms with Gasteiger partial charge in [0.05, 0.1) is 18.8 Å². The van der Waals surface area contributed by atoms with Gasteiger partial charge < -0.3 is 29.7 Å². The molecular formula is C13H23NO6. The van der Waals surface area contributed by atoms with Crippen molar-refractivity contribution in [2.75, 3.05) is 13.2 Å². The molecule has 2 rings (SSSR count). The summed E-state index contributed by atoms with van der Waals surface area (Å²) in [6.07, 6.45) is -3.13. The van der Waals surface area contributed by atoms with Crippen molar-refractivity contribution in [1.82, 2.24) is 5.32 Å². The Kier molecular flexibility index (Phi) is 4.10. The summed E-state index contributed by atoms with van der Waals surface area (Å²) >= 11 is 0. The van der Waals surface area contributed by atoms with Gasteiger partial charge in [-0.3, -0.25) is 4.79 Å². The largest absolute Gasteiger partial charge is 0.388 e. The maximum absolute atomic E-state index is 11.1. The molecule has 1 amide bonds. The van der Waals surface area contributed by atoms with Gasteiger partial charge in [0.25, 0.3) is 0 Å². The Morgan fingerprint density at radius 2 is 2.10 bits per heavy atom. The van der Waals surface area contributed by atoms with Crippen molar-refractivity contribution in [3.8, 4) is 0 Å². The Morgan fingerprint density at radius 3 is 2.65 bits per heavy atom. The molecule has 2 saturated heterocycles. The number of fused-ring (bicyclic) bond motifs is 2. The third kappa shape index (κ3) is 2.96. The first-order valence-corrected chi connectivity index (χ1v) is 6.71. The van der Waals surface area contributed by atoms with Crippen LogP contribution in [0.3, 0.4) is 0 Å². The van der Waals surface area contributed by atoms with Gasteiger partial charge in [-0.05, 0) is 20.8 Å². The number of aliphatic hydroxyl groups is 2. The van der Waals surface area contributed by atoms with Crippen molar-refractivity contribution >= 4 is 5.91 Å². The predicted octanol–water partition coefficient (Wildman–Crippen LogP) is -0.847. The normalized spacial score (nSPS) is 40.7. The van der Waals surface area contributed by atoms with Gasteiger partial charge in [0.1, 0.15) is 23.9 Å². The molecule has 0 aromatic heterocycles. The van der Waals surface area contributed by atoms with E-state index in [-0.39, 0.29) is 19.1 Å². The van der Waals surface area contributed by atoms with Gasteiger partial charge in [-0.25, -0.2) is 0 Å². The predicted molar refractivity (Wildman–Crippen MR) is 68.9 cm³/mol. The monoisotopic (exact) mass is 289 g/mol. The maximum Gasteiger partial charge on any atom is 0.217 e. The van der Waals surface area contributed by atoms with Crippen LogP contribution in [-0.2, 0) is 19.0 Å². The number of carbonyl (C=O) groups is 1. The smallest absolute Gasteiger partial charge is 0.217 e. The van der Waals surface area contributed by atoms with Gasteiger partial charge in [0.15, 0.2) is 6.29 Å². The Morgan fingerprint density at radius 1 is 1.45 bits per heavy atom. The molecule has 0 spiro atoms. The lowest BCUT2D eigenvalue weighted by Crippen LogP contribution is -2.66. The summed E-state index contributed by atoms with van der Waals surface area (Å²) in [6, 6.07) is -0.784. The lowest BCUT2D eigenvalue weighted by molar-refractivity contribution is -0.244. The summed E-state index contributed by atoms with van der Waals surface area (Å²) in [7, 11) is 0. The van der Waals surface area contributed by atoms with E-state index in [1.54, 1.807) is 0 Å². The highest BCUT2D eigenvalue weighted by Crippen LogP contribution is 2.37. The van der Waals surface area contributed by atoms with Gasteiger partial charge in [-0.2, -0.15) is 0 Å². The van der Waals surface area contributed by atoms with Crippen LogP contribution in [0.5, 0.6) is 0 Å². The quantitative estimate of drug-likeness (QED) is 0.626. The Bertz CT molecular complexity index is 382. The minimum Gasteiger partial charge on any atom is -0.388 e. The van der Waals surface area contributed by atoms with Gasteiger partial charge in [-0.15, -0.1) is 0 Å². The molecule has 0 aliphatic carbocycles. The molecule has 20 heavy (non-hydrogen) atoms. The van der Waals surface area contributed by atoms with E-state index < -0.39 is 35.7 Å². The molecule has 0 saturated carbocycles. The molecule has 7 heteroatoms. The number of aliphatic hydroxyl groups excluding tert-OH is 2. The fourth-order valence-electron chi connectivity index (χ4n) is 2.41. The molecule has 2 bridgehead atoms. The van der Waals surface area contributed by atoms with Crippen LogP contribution < -0.4 is 5.32 Å². The lowest BCUT2D eigenvalue weighted by Gasteiger charge is -2.43. The van der Waals surface area contributed by atoms with Crippen LogP contribution in [0.4, 0.5) is 0 Å². The van der Waals surface area contributed by atoms with Crippen molar-refractivity contribution in [3.05, 3.63) is 0 Å². The molecule has 116 valence electrons. The first kappa shape index (κ1) is 15.7. The van der Waals surface area contributed by atoms with Crippen LogP contribution in [0, 0.1) is 0 Å². The zero-order valence-corrected chi connectivity index (χ0v) is 12.3. The van der Waals surface area contributed by atoms with E-state index in [0.717, 1.165) is 0 Å². The van der Waals surface area contributed by atoms with Crippen LogP contribution in [0.2, 0.25) is 0 Å². The summed E-state index contributed by atoms with van der Waals surface area (Å²) in [6.45, 7) is 7.23. The van der Waals surface area contributed by atoms with Gasteiger partial charge in [-0.1, -0.05) is 0 Å². The third-order valence-electron chi connectivity index (χ3n) is 3.49. The van der Waals surface area contributed by atoms with Gasteiger partial charge in [0.2, 0.25) is 5.91 Å². The van der Waals surface area contributed by atoms with Crippen LogP contribution in [0.1, 0.15) is 27.7 Å². The first-order chi connectivity index (χ1) is 9.15. The first-order valence-electron chi connectivity index (χ1n) is 6.71. The summed E-state index contributed by atoms with van der Waals surface area (Å²) in [4.78, 5) is 11.1. The Balaban J connectivity index is 2.10. The number of amides is 1. The van der Waals surface area contributed by atoms with Crippen molar-refractivity contribution < 1.29 is 29.2 Å². The van der Waals surface area contributed by atoms with Crippen LogP contribution >= 0.6 is 0 Å². The summed E-state index contributed by atoms with van der Waals surface area (Å²) in [5.41, 5.74) is -1.48. The second-order valence-electron chi connectivity index (χ2n) is 6.42. The molecule has 0 aromatic rings. The average molecular weight is 289 g/mol. The summed E-state index contributed by atoms with van der Waals surface area (Å²) < 4.78 is 16.8. The van der Waals surface area contributed by atoms with Crippen LogP contribution in [0.15, 0.2) is 0 Å². The molecule has 2 heterocycles. The maximum atomic E-state index is 11.1. The molecular weight excluding hydrogens is 266 g/mol. The van der Waals surface area contributed by atoms with E-state index in [4.69, 9.17) is 14.2 Å². The summed E-state index contributed by atoms with van der Waals surface area (Å²) in [5, 5.41) is 23.0. The number of rotatable bonds is 3. The van der Waals surface area contributed by atoms with E-state index in [1.807, 2.05) is 20.8 Å². The van der Waals surface area contributed by atoms with E-state index in [2.05, 4.69) is 5.32 Å². The third-order valence-corrected chi connectivity index (χ3v) is 3.49. The van der Waals surface area contributed by atoms with Crippen LogP contribution in [0.25, 0.3) is 0 Å². The highest BCUT2D eigenvalue weighted by molar-refractivity contribution is 5.73. The molecule has 2 aliphatic rings. The molecule has 0 radical (unpaired) electrons. The van der Waals surface area contributed by atoms with Crippen molar-refractivity contribution in [2.24, 2.45) is 0 Å².